The number of hydrogen-bond donors (Lipinski definition) is 4. The summed E-state index contributed by atoms with van der Waals surface area (Å²) in [6, 6.07) is 13.0. The van der Waals surface area contributed by atoms with Crippen molar-refractivity contribution in [3.63, 3.8) is 0 Å². The molecule has 2 saturated carbocycles. The molecule has 4 rings (SSSR count). The number of amides is 1. The smallest absolute Gasteiger partial charge is 0.411 e. The van der Waals surface area contributed by atoms with Gasteiger partial charge in [-0.2, -0.15) is 0 Å². The third-order valence-electron chi connectivity index (χ3n) is 5.58. The highest BCUT2D eigenvalue weighted by atomic mass is 16.6. The van der Waals surface area contributed by atoms with Gasteiger partial charge in [-0.3, -0.25) is 14.9 Å². The Bertz CT molecular complexity index is 960. The fraction of sp³-hybridized carbons (Fsp3) is 0.316. The van der Waals surface area contributed by atoms with Crippen LogP contribution >= 0.6 is 0 Å². The van der Waals surface area contributed by atoms with Crippen molar-refractivity contribution < 1.29 is 29.3 Å². The number of anilines is 1. The van der Waals surface area contributed by atoms with Crippen molar-refractivity contribution in [3.05, 3.63) is 42.5 Å². The van der Waals surface area contributed by atoms with Crippen molar-refractivity contribution in [1.82, 2.24) is 0 Å². The second-order valence-corrected chi connectivity index (χ2v) is 7.15. The molecule has 8 nitrogen and oxygen atoms in total. The van der Waals surface area contributed by atoms with Gasteiger partial charge >= 0.3 is 18.0 Å². The summed E-state index contributed by atoms with van der Waals surface area (Å²) in [6.45, 7) is 0. The predicted octanol–water partition coefficient (Wildman–Crippen LogP) is 1.89. The van der Waals surface area contributed by atoms with Gasteiger partial charge in [0.1, 0.15) is 11.6 Å². The van der Waals surface area contributed by atoms with Crippen molar-refractivity contribution in [2.75, 3.05) is 5.32 Å². The first kappa shape index (κ1) is 17.3. The Labute approximate surface area is 153 Å². The van der Waals surface area contributed by atoms with Gasteiger partial charge in [-0.1, -0.05) is 30.3 Å². The van der Waals surface area contributed by atoms with E-state index in [1.54, 1.807) is 12.1 Å². The molecular formula is C19H18N2O6. The average molecular weight is 370 g/mol. The van der Waals surface area contributed by atoms with Crippen LogP contribution in [0.25, 0.3) is 10.8 Å². The second kappa shape index (κ2) is 5.95. The molecule has 0 saturated heterocycles. The molecule has 2 aromatic carbocycles. The number of fused-ring (bicyclic) bond motifs is 2. The molecule has 0 aliphatic heterocycles. The highest BCUT2D eigenvalue weighted by Gasteiger charge is 2.75. The molecule has 5 unspecified atom stereocenters. The van der Waals surface area contributed by atoms with E-state index in [2.05, 4.69) is 5.32 Å². The summed E-state index contributed by atoms with van der Waals surface area (Å²) >= 11 is 0. The van der Waals surface area contributed by atoms with Gasteiger partial charge < -0.3 is 20.7 Å². The van der Waals surface area contributed by atoms with Gasteiger partial charge in [-0.15, -0.1) is 0 Å². The van der Waals surface area contributed by atoms with E-state index < -0.39 is 47.4 Å². The summed E-state index contributed by atoms with van der Waals surface area (Å²) in [6.07, 6.45) is -1.72. The lowest BCUT2D eigenvalue weighted by atomic mass is 9.91. The number of benzene rings is 2. The Morgan fingerprint density at radius 1 is 1.11 bits per heavy atom. The third kappa shape index (κ3) is 2.78. The number of carbonyl (C=O) groups excluding carboxylic acids is 1. The lowest BCUT2D eigenvalue weighted by molar-refractivity contribution is -0.146. The van der Waals surface area contributed by atoms with Gasteiger partial charge in [0, 0.05) is 23.9 Å². The third-order valence-corrected chi connectivity index (χ3v) is 5.58. The highest BCUT2D eigenvalue weighted by molar-refractivity contribution is 5.91. The quantitative estimate of drug-likeness (QED) is 0.644. The van der Waals surface area contributed by atoms with Crippen molar-refractivity contribution in [2.24, 2.45) is 23.5 Å². The van der Waals surface area contributed by atoms with E-state index >= 15 is 0 Å². The van der Waals surface area contributed by atoms with E-state index in [9.17, 15) is 24.6 Å². The van der Waals surface area contributed by atoms with Crippen LogP contribution in [0.15, 0.2) is 42.5 Å². The molecule has 140 valence electrons. The lowest BCUT2D eigenvalue weighted by Crippen LogP contribution is -2.51. The molecule has 1 amide bonds. The van der Waals surface area contributed by atoms with Gasteiger partial charge in [0.15, 0.2) is 0 Å². The topological polar surface area (TPSA) is 139 Å². The zero-order chi connectivity index (χ0) is 19.3. The zero-order valence-corrected chi connectivity index (χ0v) is 14.2. The molecular weight excluding hydrogens is 352 g/mol. The minimum absolute atomic E-state index is 0.105. The van der Waals surface area contributed by atoms with Crippen LogP contribution in [0.1, 0.15) is 6.42 Å². The predicted molar refractivity (Wildman–Crippen MR) is 95.1 cm³/mol. The molecule has 2 fully saturated rings. The largest absolute Gasteiger partial charge is 0.481 e. The molecule has 8 heteroatoms. The van der Waals surface area contributed by atoms with Crippen molar-refractivity contribution in [2.45, 2.75) is 18.1 Å². The van der Waals surface area contributed by atoms with E-state index in [1.807, 2.05) is 30.3 Å². The van der Waals surface area contributed by atoms with Crippen LogP contribution in [0.5, 0.6) is 0 Å². The Kier molecular flexibility index (Phi) is 3.81. The van der Waals surface area contributed by atoms with Crippen LogP contribution in [-0.4, -0.2) is 39.9 Å². The summed E-state index contributed by atoms with van der Waals surface area (Å²) in [5, 5.41) is 23.2. The van der Waals surface area contributed by atoms with Crippen molar-refractivity contribution >= 4 is 34.5 Å². The molecule has 2 aromatic rings. The number of nitrogens with two attached hydrogens (primary N) is 1. The van der Waals surface area contributed by atoms with Crippen molar-refractivity contribution in [1.29, 1.82) is 0 Å². The van der Waals surface area contributed by atoms with E-state index in [0.717, 1.165) is 10.8 Å². The number of hydrogen-bond acceptors (Lipinski definition) is 5. The number of carboxylic acids is 2. The molecule has 0 aromatic heterocycles. The Balaban J connectivity index is 1.47. The summed E-state index contributed by atoms with van der Waals surface area (Å²) in [5.41, 5.74) is 4.75. The maximum absolute atomic E-state index is 12.3. The first-order valence-electron chi connectivity index (χ1n) is 8.53. The first-order valence-corrected chi connectivity index (χ1v) is 8.53. The summed E-state index contributed by atoms with van der Waals surface area (Å²) in [7, 11) is 0. The fourth-order valence-corrected chi connectivity index (χ4v) is 4.29. The molecule has 2 aliphatic carbocycles. The number of carbonyl (C=O) groups is 3. The molecule has 0 bridgehead atoms. The maximum atomic E-state index is 12.3. The molecule has 0 heterocycles. The highest BCUT2D eigenvalue weighted by Crippen LogP contribution is 2.62. The molecule has 0 radical (unpaired) electrons. The number of rotatable bonds is 4. The van der Waals surface area contributed by atoms with E-state index in [0.29, 0.717) is 5.69 Å². The maximum Gasteiger partial charge on any atom is 0.411 e. The zero-order valence-electron chi connectivity index (χ0n) is 14.2. The Morgan fingerprint density at radius 3 is 2.48 bits per heavy atom. The van der Waals surface area contributed by atoms with E-state index in [4.69, 9.17) is 10.5 Å². The van der Waals surface area contributed by atoms with Gasteiger partial charge in [0.05, 0.1) is 5.92 Å². The number of ether oxygens (including phenoxy) is 1. The Morgan fingerprint density at radius 2 is 1.81 bits per heavy atom. The molecule has 5 N–H and O–H groups in total. The van der Waals surface area contributed by atoms with Crippen LogP contribution in [0.3, 0.4) is 0 Å². The molecule has 2 aliphatic rings. The summed E-state index contributed by atoms with van der Waals surface area (Å²) in [5.74, 6) is -4.61. The van der Waals surface area contributed by atoms with Crippen LogP contribution in [0.2, 0.25) is 0 Å². The second-order valence-electron chi connectivity index (χ2n) is 7.15. The first-order chi connectivity index (χ1) is 12.8. The SMILES string of the molecule is NC1(C(=O)O)CC(OC(=O)Nc2ccc3ccccc3c2)C2C(C(=O)O)C21. The number of carboxylic acid groups (broad SMARTS) is 2. The monoisotopic (exact) mass is 370 g/mol. The lowest BCUT2D eigenvalue weighted by Gasteiger charge is -2.24. The van der Waals surface area contributed by atoms with Crippen molar-refractivity contribution in [3.8, 4) is 0 Å². The normalized spacial score (nSPS) is 31.1. The molecule has 0 spiro atoms. The fourth-order valence-electron chi connectivity index (χ4n) is 4.29. The number of nitrogens with one attached hydrogen (secondary N) is 1. The minimum Gasteiger partial charge on any atom is -0.481 e. The van der Waals surface area contributed by atoms with Crippen LogP contribution in [0, 0.1) is 17.8 Å². The molecule has 27 heavy (non-hydrogen) atoms. The minimum atomic E-state index is -1.69. The van der Waals surface area contributed by atoms with Crippen LogP contribution < -0.4 is 11.1 Å². The van der Waals surface area contributed by atoms with Crippen LogP contribution in [0.4, 0.5) is 10.5 Å². The van der Waals surface area contributed by atoms with Gasteiger partial charge in [0.2, 0.25) is 0 Å². The van der Waals surface area contributed by atoms with E-state index in [-0.39, 0.29) is 6.42 Å². The standard InChI is InChI=1S/C19H18N2O6/c20-19(17(24)25)8-12(13-14(15(13)19)16(22)23)27-18(26)21-11-6-5-9-3-1-2-4-10(9)7-11/h1-7,12-15H,8,20H2,(H,21,26)(H,22,23)(H,24,25). The van der Waals surface area contributed by atoms with E-state index in [1.165, 1.54) is 0 Å². The average Bonchev–Trinajstić information content (AvgIpc) is 3.31. The van der Waals surface area contributed by atoms with Gasteiger partial charge in [0.25, 0.3) is 0 Å². The molecule has 5 atom stereocenters. The van der Waals surface area contributed by atoms with Crippen LogP contribution in [-0.2, 0) is 14.3 Å². The van der Waals surface area contributed by atoms with Gasteiger partial charge in [-0.25, -0.2) is 4.79 Å². The summed E-state index contributed by atoms with van der Waals surface area (Å²) < 4.78 is 5.35. The van der Waals surface area contributed by atoms with Gasteiger partial charge in [-0.05, 0) is 22.9 Å². The number of aliphatic carboxylic acids is 2. The Hall–Kier alpha value is -3.13. The summed E-state index contributed by atoms with van der Waals surface area (Å²) in [4.78, 5) is 35.1.